The Labute approximate surface area is 195 Å². The molecule has 2 aromatic heterocycles. The molecular formula is C31H18N2O. The third-order valence-electron chi connectivity index (χ3n) is 6.64. The molecule has 0 bridgehead atoms. The van der Waals surface area contributed by atoms with Gasteiger partial charge in [-0.1, -0.05) is 66.7 Å². The first kappa shape index (κ1) is 18.7. The molecule has 7 aromatic rings. The number of nitrogens with zero attached hydrogens (tertiary/aromatic N) is 2. The number of nitriles is 1. The maximum atomic E-state index is 9.70. The standard InChI is InChI=1S/C31H18N2O/c32-19-20-13-15-22(21-14-16-26-25-9-3-6-12-30(25)34-31(26)18-21)29(17-20)33-27-10-4-1-7-23(27)24-8-2-5-11-28(24)33/h1-18H. The summed E-state index contributed by atoms with van der Waals surface area (Å²) in [6.45, 7) is 0. The first-order valence-electron chi connectivity index (χ1n) is 11.3. The summed E-state index contributed by atoms with van der Waals surface area (Å²) < 4.78 is 8.44. The van der Waals surface area contributed by atoms with Crippen molar-refractivity contribution in [2.75, 3.05) is 0 Å². The highest BCUT2D eigenvalue weighted by molar-refractivity contribution is 6.10. The molecule has 158 valence electrons. The Morgan fingerprint density at radius 2 is 1.24 bits per heavy atom. The van der Waals surface area contributed by atoms with Crippen LogP contribution in [-0.2, 0) is 0 Å². The van der Waals surface area contributed by atoms with Crippen LogP contribution in [0.2, 0.25) is 0 Å². The van der Waals surface area contributed by atoms with Crippen LogP contribution in [0, 0.1) is 11.3 Å². The second-order valence-corrected chi connectivity index (χ2v) is 8.52. The fourth-order valence-corrected chi connectivity index (χ4v) is 5.11. The van der Waals surface area contributed by atoms with E-state index in [1.165, 1.54) is 10.8 Å². The minimum Gasteiger partial charge on any atom is -0.456 e. The molecule has 3 nitrogen and oxygen atoms in total. The lowest BCUT2D eigenvalue weighted by molar-refractivity contribution is 0.669. The second kappa shape index (κ2) is 7.10. The van der Waals surface area contributed by atoms with E-state index in [9.17, 15) is 5.26 Å². The van der Waals surface area contributed by atoms with Crippen molar-refractivity contribution < 1.29 is 4.42 Å². The monoisotopic (exact) mass is 434 g/mol. The SMILES string of the molecule is N#Cc1ccc(-c2ccc3c(c2)oc2ccccc23)c(-n2c3ccccc3c3ccccc32)c1. The summed E-state index contributed by atoms with van der Waals surface area (Å²) in [5, 5.41) is 14.3. The Bertz CT molecular complexity index is 1880. The topological polar surface area (TPSA) is 41.9 Å². The maximum absolute atomic E-state index is 9.70. The zero-order valence-electron chi connectivity index (χ0n) is 18.2. The number of aromatic nitrogens is 1. The lowest BCUT2D eigenvalue weighted by Gasteiger charge is -2.14. The van der Waals surface area contributed by atoms with Gasteiger partial charge in [-0.3, -0.25) is 0 Å². The summed E-state index contributed by atoms with van der Waals surface area (Å²) in [5.41, 5.74) is 7.68. The number of hydrogen-bond acceptors (Lipinski definition) is 2. The Morgan fingerprint density at radius 1 is 0.588 bits per heavy atom. The van der Waals surface area contributed by atoms with E-state index < -0.39 is 0 Å². The van der Waals surface area contributed by atoms with Crippen LogP contribution in [0.1, 0.15) is 5.56 Å². The first-order valence-corrected chi connectivity index (χ1v) is 11.3. The molecule has 0 unspecified atom stereocenters. The number of rotatable bonds is 2. The van der Waals surface area contributed by atoms with Gasteiger partial charge in [0, 0.05) is 27.1 Å². The molecule has 3 heteroatoms. The predicted molar refractivity (Wildman–Crippen MR) is 138 cm³/mol. The number of benzene rings is 5. The first-order chi connectivity index (χ1) is 16.8. The van der Waals surface area contributed by atoms with Crippen molar-refractivity contribution in [3.05, 3.63) is 115 Å². The molecule has 0 fully saturated rings. The fourth-order valence-electron chi connectivity index (χ4n) is 5.11. The van der Waals surface area contributed by atoms with Crippen molar-refractivity contribution in [3.8, 4) is 22.9 Å². The third kappa shape index (κ3) is 2.63. The van der Waals surface area contributed by atoms with E-state index >= 15 is 0 Å². The third-order valence-corrected chi connectivity index (χ3v) is 6.64. The number of furan rings is 1. The van der Waals surface area contributed by atoms with Crippen LogP contribution in [0.4, 0.5) is 0 Å². The van der Waals surface area contributed by atoms with Crippen molar-refractivity contribution in [3.63, 3.8) is 0 Å². The summed E-state index contributed by atoms with van der Waals surface area (Å²) in [7, 11) is 0. The Morgan fingerprint density at radius 3 is 1.97 bits per heavy atom. The van der Waals surface area contributed by atoms with Gasteiger partial charge in [0.2, 0.25) is 0 Å². The van der Waals surface area contributed by atoms with Crippen molar-refractivity contribution in [1.82, 2.24) is 4.57 Å². The highest BCUT2D eigenvalue weighted by atomic mass is 16.3. The highest BCUT2D eigenvalue weighted by Crippen LogP contribution is 2.38. The summed E-state index contributed by atoms with van der Waals surface area (Å²) in [6.07, 6.45) is 0. The predicted octanol–water partition coefficient (Wildman–Crippen LogP) is 8.22. The van der Waals surface area contributed by atoms with Crippen LogP contribution in [0.15, 0.2) is 114 Å². The minimum atomic E-state index is 0.630. The molecular weight excluding hydrogens is 416 g/mol. The lowest BCUT2D eigenvalue weighted by atomic mass is 9.99. The van der Waals surface area contributed by atoms with Gasteiger partial charge in [0.1, 0.15) is 11.2 Å². The highest BCUT2D eigenvalue weighted by Gasteiger charge is 2.17. The van der Waals surface area contributed by atoms with E-state index in [2.05, 4.69) is 83.4 Å². The van der Waals surface area contributed by atoms with Gasteiger partial charge in [0.05, 0.1) is 28.4 Å². The summed E-state index contributed by atoms with van der Waals surface area (Å²) in [5.74, 6) is 0. The van der Waals surface area contributed by atoms with Gasteiger partial charge in [0.15, 0.2) is 0 Å². The Balaban J connectivity index is 1.56. The maximum Gasteiger partial charge on any atom is 0.136 e. The van der Waals surface area contributed by atoms with E-state index in [1.54, 1.807) is 0 Å². The lowest BCUT2D eigenvalue weighted by Crippen LogP contribution is -1.98. The average molecular weight is 434 g/mol. The van der Waals surface area contributed by atoms with Crippen LogP contribution < -0.4 is 0 Å². The molecule has 5 aromatic carbocycles. The largest absolute Gasteiger partial charge is 0.456 e. The smallest absolute Gasteiger partial charge is 0.136 e. The Kier molecular flexibility index (Phi) is 3.91. The molecule has 0 atom stereocenters. The van der Waals surface area contributed by atoms with Gasteiger partial charge < -0.3 is 8.98 Å². The van der Waals surface area contributed by atoms with Crippen molar-refractivity contribution >= 4 is 43.7 Å². The number of hydrogen-bond donors (Lipinski definition) is 0. The molecule has 0 N–H and O–H groups in total. The molecule has 2 heterocycles. The molecule has 0 saturated carbocycles. The van der Waals surface area contributed by atoms with E-state index in [1.807, 2.05) is 36.4 Å². The second-order valence-electron chi connectivity index (χ2n) is 8.52. The molecule has 0 aliphatic heterocycles. The molecule has 7 rings (SSSR count). The van der Waals surface area contributed by atoms with Crippen LogP contribution in [-0.4, -0.2) is 4.57 Å². The molecule has 34 heavy (non-hydrogen) atoms. The van der Waals surface area contributed by atoms with E-state index in [-0.39, 0.29) is 0 Å². The van der Waals surface area contributed by atoms with Gasteiger partial charge in [-0.15, -0.1) is 0 Å². The normalized spacial score (nSPS) is 11.5. The van der Waals surface area contributed by atoms with Gasteiger partial charge >= 0.3 is 0 Å². The molecule has 0 aliphatic rings. The number of fused-ring (bicyclic) bond motifs is 6. The van der Waals surface area contributed by atoms with Crippen molar-refractivity contribution in [2.45, 2.75) is 0 Å². The van der Waals surface area contributed by atoms with Crippen LogP contribution >= 0.6 is 0 Å². The fraction of sp³-hybridized carbons (Fsp3) is 0. The van der Waals surface area contributed by atoms with Crippen molar-refractivity contribution in [2.24, 2.45) is 0 Å². The van der Waals surface area contributed by atoms with Gasteiger partial charge in [-0.05, 0) is 48.0 Å². The summed E-state index contributed by atoms with van der Waals surface area (Å²) in [6, 6.07) is 39.6. The zero-order valence-corrected chi connectivity index (χ0v) is 18.2. The van der Waals surface area contributed by atoms with Gasteiger partial charge in [-0.2, -0.15) is 5.26 Å². The van der Waals surface area contributed by atoms with E-state index in [0.717, 1.165) is 49.8 Å². The minimum absolute atomic E-state index is 0.630. The molecule has 0 amide bonds. The Hall–Kier alpha value is -4.81. The quantitative estimate of drug-likeness (QED) is 0.275. The van der Waals surface area contributed by atoms with E-state index in [0.29, 0.717) is 5.56 Å². The van der Waals surface area contributed by atoms with Crippen LogP contribution in [0.5, 0.6) is 0 Å². The van der Waals surface area contributed by atoms with Gasteiger partial charge in [0.25, 0.3) is 0 Å². The molecule has 0 aliphatic carbocycles. The van der Waals surface area contributed by atoms with E-state index in [4.69, 9.17) is 4.42 Å². The molecule has 0 radical (unpaired) electrons. The molecule has 0 spiro atoms. The van der Waals surface area contributed by atoms with Gasteiger partial charge in [-0.25, -0.2) is 0 Å². The average Bonchev–Trinajstić information content (AvgIpc) is 3.43. The number of para-hydroxylation sites is 3. The molecule has 0 saturated heterocycles. The van der Waals surface area contributed by atoms with Crippen LogP contribution in [0.25, 0.3) is 60.6 Å². The van der Waals surface area contributed by atoms with Crippen molar-refractivity contribution in [1.29, 1.82) is 5.26 Å². The summed E-state index contributed by atoms with van der Waals surface area (Å²) in [4.78, 5) is 0. The van der Waals surface area contributed by atoms with Crippen LogP contribution in [0.3, 0.4) is 0 Å². The summed E-state index contributed by atoms with van der Waals surface area (Å²) >= 11 is 0. The zero-order chi connectivity index (χ0) is 22.6.